The molecule has 1 aromatic rings. The van der Waals surface area contributed by atoms with Gasteiger partial charge in [0.1, 0.15) is 6.26 Å². The molecule has 2 heterocycles. The van der Waals surface area contributed by atoms with Crippen LogP contribution in [0.1, 0.15) is 5.89 Å². The molecule has 0 radical (unpaired) electrons. The van der Waals surface area contributed by atoms with Gasteiger partial charge in [0.05, 0.1) is 6.20 Å². The van der Waals surface area contributed by atoms with Crippen molar-refractivity contribution in [1.82, 2.24) is 15.2 Å². The first-order valence-electron chi connectivity index (χ1n) is 4.76. The molecular formula is C9H15N3O. The Bertz CT molecular complexity index is 229. The fourth-order valence-electron chi connectivity index (χ4n) is 1.56. The maximum Gasteiger partial charge on any atom is 0.195 e. The molecule has 1 fully saturated rings. The van der Waals surface area contributed by atoms with Crippen molar-refractivity contribution in [3.8, 4) is 0 Å². The second-order valence-corrected chi connectivity index (χ2v) is 3.27. The predicted molar refractivity (Wildman–Crippen MR) is 49.5 cm³/mol. The third kappa shape index (κ3) is 2.54. The average Bonchev–Trinajstić information content (AvgIpc) is 2.69. The summed E-state index contributed by atoms with van der Waals surface area (Å²) in [5.74, 6) is 0.846. The highest BCUT2D eigenvalue weighted by Crippen LogP contribution is 1.99. The van der Waals surface area contributed by atoms with E-state index in [1.807, 2.05) is 0 Å². The Morgan fingerprint density at radius 3 is 3.00 bits per heavy atom. The molecule has 13 heavy (non-hydrogen) atoms. The van der Waals surface area contributed by atoms with E-state index in [1.54, 1.807) is 12.5 Å². The Morgan fingerprint density at radius 2 is 2.31 bits per heavy atom. The lowest BCUT2D eigenvalue weighted by molar-refractivity contribution is 0.238. The minimum absolute atomic E-state index is 0.846. The third-order valence-corrected chi connectivity index (χ3v) is 2.33. The molecule has 4 nitrogen and oxygen atoms in total. The Kier molecular flexibility index (Phi) is 2.94. The van der Waals surface area contributed by atoms with Crippen molar-refractivity contribution < 1.29 is 4.42 Å². The van der Waals surface area contributed by atoms with Gasteiger partial charge in [-0.25, -0.2) is 4.98 Å². The van der Waals surface area contributed by atoms with E-state index >= 15 is 0 Å². The fourth-order valence-corrected chi connectivity index (χ4v) is 1.56. The predicted octanol–water partition coefficient (Wildman–Crippen LogP) is 0.122. The van der Waals surface area contributed by atoms with E-state index < -0.39 is 0 Å². The zero-order chi connectivity index (χ0) is 8.93. The van der Waals surface area contributed by atoms with Crippen LogP contribution < -0.4 is 5.32 Å². The van der Waals surface area contributed by atoms with Crippen molar-refractivity contribution in [2.45, 2.75) is 6.42 Å². The van der Waals surface area contributed by atoms with Gasteiger partial charge in [0.15, 0.2) is 5.89 Å². The Morgan fingerprint density at radius 1 is 1.46 bits per heavy atom. The summed E-state index contributed by atoms with van der Waals surface area (Å²) in [6.45, 7) is 5.54. The highest BCUT2D eigenvalue weighted by atomic mass is 16.3. The van der Waals surface area contributed by atoms with Gasteiger partial charge in [0.2, 0.25) is 0 Å². The number of rotatable bonds is 3. The Labute approximate surface area is 77.9 Å². The smallest absolute Gasteiger partial charge is 0.195 e. The van der Waals surface area contributed by atoms with Gasteiger partial charge in [0.25, 0.3) is 0 Å². The van der Waals surface area contributed by atoms with Gasteiger partial charge >= 0.3 is 0 Å². The number of oxazole rings is 1. The molecular weight excluding hydrogens is 166 g/mol. The second-order valence-electron chi connectivity index (χ2n) is 3.27. The quantitative estimate of drug-likeness (QED) is 0.719. The Balaban J connectivity index is 1.72. The molecule has 0 atom stereocenters. The fraction of sp³-hybridized carbons (Fsp3) is 0.667. The Hall–Kier alpha value is -0.870. The first-order chi connectivity index (χ1) is 6.45. The van der Waals surface area contributed by atoms with Gasteiger partial charge in [0, 0.05) is 39.1 Å². The summed E-state index contributed by atoms with van der Waals surface area (Å²) in [4.78, 5) is 6.52. The summed E-state index contributed by atoms with van der Waals surface area (Å²) in [6.07, 6.45) is 4.26. The summed E-state index contributed by atoms with van der Waals surface area (Å²) in [5, 5.41) is 3.33. The normalized spacial score (nSPS) is 19.1. The summed E-state index contributed by atoms with van der Waals surface area (Å²) >= 11 is 0. The number of nitrogens with one attached hydrogen (secondary N) is 1. The van der Waals surface area contributed by atoms with Gasteiger partial charge in [-0.1, -0.05) is 0 Å². The molecule has 1 aliphatic heterocycles. The van der Waals surface area contributed by atoms with Crippen molar-refractivity contribution in [1.29, 1.82) is 0 Å². The van der Waals surface area contributed by atoms with Gasteiger partial charge in [-0.05, 0) is 0 Å². The van der Waals surface area contributed by atoms with Crippen LogP contribution in [-0.4, -0.2) is 42.6 Å². The molecule has 72 valence electrons. The maximum atomic E-state index is 5.17. The van der Waals surface area contributed by atoms with Crippen LogP contribution in [0.25, 0.3) is 0 Å². The molecule has 0 aliphatic carbocycles. The van der Waals surface area contributed by atoms with Gasteiger partial charge in [-0.2, -0.15) is 0 Å². The highest BCUT2D eigenvalue weighted by molar-refractivity contribution is 4.81. The van der Waals surface area contributed by atoms with E-state index in [9.17, 15) is 0 Å². The number of nitrogens with zero attached hydrogens (tertiary/aromatic N) is 2. The number of aromatic nitrogens is 1. The second kappa shape index (κ2) is 4.39. The summed E-state index contributed by atoms with van der Waals surface area (Å²) in [5.41, 5.74) is 0. The molecule has 0 unspecified atom stereocenters. The van der Waals surface area contributed by atoms with Crippen molar-refractivity contribution >= 4 is 0 Å². The largest absolute Gasteiger partial charge is 0.449 e. The maximum absolute atomic E-state index is 5.17. The number of hydrogen-bond acceptors (Lipinski definition) is 4. The number of piperazine rings is 1. The van der Waals surface area contributed by atoms with Gasteiger partial charge in [-0.15, -0.1) is 0 Å². The molecule has 1 saturated heterocycles. The number of hydrogen-bond donors (Lipinski definition) is 1. The monoisotopic (exact) mass is 181 g/mol. The molecule has 1 aromatic heterocycles. The summed E-state index contributed by atoms with van der Waals surface area (Å²) < 4.78 is 5.17. The third-order valence-electron chi connectivity index (χ3n) is 2.33. The molecule has 2 rings (SSSR count). The lowest BCUT2D eigenvalue weighted by Crippen LogP contribution is -2.44. The van der Waals surface area contributed by atoms with E-state index in [-0.39, 0.29) is 0 Å². The molecule has 0 bridgehead atoms. The van der Waals surface area contributed by atoms with Gasteiger partial charge < -0.3 is 14.6 Å². The van der Waals surface area contributed by atoms with Crippen LogP contribution in [0.15, 0.2) is 16.9 Å². The van der Waals surface area contributed by atoms with E-state index in [0.717, 1.165) is 45.0 Å². The summed E-state index contributed by atoms with van der Waals surface area (Å²) in [7, 11) is 0. The van der Waals surface area contributed by atoms with Crippen LogP contribution >= 0.6 is 0 Å². The van der Waals surface area contributed by atoms with Crippen LogP contribution in [0.3, 0.4) is 0 Å². The molecule has 0 saturated carbocycles. The molecule has 1 N–H and O–H groups in total. The van der Waals surface area contributed by atoms with Crippen LogP contribution in [0.5, 0.6) is 0 Å². The minimum atomic E-state index is 0.846. The van der Waals surface area contributed by atoms with Gasteiger partial charge in [-0.3, -0.25) is 0 Å². The minimum Gasteiger partial charge on any atom is -0.449 e. The first-order valence-corrected chi connectivity index (χ1v) is 4.76. The van der Waals surface area contributed by atoms with E-state index in [1.165, 1.54) is 0 Å². The van der Waals surface area contributed by atoms with E-state index in [0.29, 0.717) is 0 Å². The van der Waals surface area contributed by atoms with Crippen molar-refractivity contribution in [2.75, 3.05) is 32.7 Å². The molecule has 0 amide bonds. The first kappa shape index (κ1) is 8.72. The molecule has 1 aliphatic rings. The molecule has 0 spiro atoms. The zero-order valence-electron chi connectivity index (χ0n) is 7.70. The van der Waals surface area contributed by atoms with E-state index in [2.05, 4.69) is 15.2 Å². The van der Waals surface area contributed by atoms with Crippen molar-refractivity contribution in [3.05, 3.63) is 18.4 Å². The lowest BCUT2D eigenvalue weighted by Gasteiger charge is -2.26. The van der Waals surface area contributed by atoms with Crippen LogP contribution in [0.2, 0.25) is 0 Å². The van der Waals surface area contributed by atoms with Crippen LogP contribution in [-0.2, 0) is 6.42 Å². The highest BCUT2D eigenvalue weighted by Gasteiger charge is 2.09. The van der Waals surface area contributed by atoms with Crippen molar-refractivity contribution in [2.24, 2.45) is 0 Å². The SMILES string of the molecule is c1coc(CCN2CCNCC2)n1. The average molecular weight is 181 g/mol. The van der Waals surface area contributed by atoms with E-state index in [4.69, 9.17) is 4.42 Å². The van der Waals surface area contributed by atoms with Crippen LogP contribution in [0.4, 0.5) is 0 Å². The summed E-state index contributed by atoms with van der Waals surface area (Å²) in [6, 6.07) is 0. The molecule has 0 aromatic carbocycles. The zero-order valence-corrected chi connectivity index (χ0v) is 7.70. The lowest BCUT2D eigenvalue weighted by atomic mass is 10.3. The molecule has 4 heteroatoms. The van der Waals surface area contributed by atoms with Crippen molar-refractivity contribution in [3.63, 3.8) is 0 Å². The van der Waals surface area contributed by atoms with Crippen LogP contribution in [0, 0.1) is 0 Å². The standard InChI is InChI=1S/C9H15N3O/c1(9-11-4-8-13-9)5-12-6-2-10-3-7-12/h4,8,10H,1-3,5-7H2. The topological polar surface area (TPSA) is 41.3 Å².